The van der Waals surface area contributed by atoms with Gasteiger partial charge in [-0.1, -0.05) is 27.7 Å². The van der Waals surface area contributed by atoms with Gasteiger partial charge < -0.3 is 9.47 Å². The molecule has 0 aliphatic carbocycles. The molecule has 1 fully saturated rings. The zero-order valence-corrected chi connectivity index (χ0v) is 8.59. The van der Waals surface area contributed by atoms with Crippen molar-refractivity contribution in [3.05, 3.63) is 0 Å². The summed E-state index contributed by atoms with van der Waals surface area (Å²) in [5.41, 5.74) is 0. The van der Waals surface area contributed by atoms with E-state index in [9.17, 15) is 0 Å². The Balaban J connectivity index is 2.52. The van der Waals surface area contributed by atoms with E-state index < -0.39 is 0 Å². The van der Waals surface area contributed by atoms with Crippen molar-refractivity contribution in [1.82, 2.24) is 0 Å². The molecule has 0 amide bonds. The van der Waals surface area contributed by atoms with Crippen LogP contribution in [-0.2, 0) is 9.47 Å². The number of hydrogen-bond acceptors (Lipinski definition) is 2. The van der Waals surface area contributed by atoms with E-state index in [1.165, 1.54) is 0 Å². The van der Waals surface area contributed by atoms with E-state index in [4.69, 9.17) is 9.47 Å². The second-order valence-electron chi connectivity index (χ2n) is 3.83. The van der Waals surface area contributed by atoms with Crippen molar-refractivity contribution < 1.29 is 9.47 Å². The molecule has 2 heteroatoms. The maximum atomic E-state index is 5.89. The molecule has 1 aliphatic rings. The molecule has 1 rings (SSSR count). The van der Waals surface area contributed by atoms with Crippen LogP contribution in [0.1, 0.15) is 40.5 Å². The van der Waals surface area contributed by atoms with Gasteiger partial charge in [0.2, 0.25) is 0 Å². The third kappa shape index (κ3) is 1.80. The Bertz CT molecular complexity index is 139. The Morgan fingerprint density at radius 1 is 1.33 bits per heavy atom. The van der Waals surface area contributed by atoms with Crippen LogP contribution in [0, 0.1) is 5.92 Å². The van der Waals surface area contributed by atoms with E-state index in [1.54, 1.807) is 0 Å². The molecule has 72 valence electrons. The monoisotopic (exact) mass is 172 g/mol. The van der Waals surface area contributed by atoms with Crippen molar-refractivity contribution in [1.29, 1.82) is 0 Å². The lowest BCUT2D eigenvalue weighted by Gasteiger charge is -2.25. The van der Waals surface area contributed by atoms with Crippen LogP contribution in [0.25, 0.3) is 0 Å². The summed E-state index contributed by atoms with van der Waals surface area (Å²) in [5.74, 6) is 0.291. The minimum absolute atomic E-state index is 0.269. The first-order valence-corrected chi connectivity index (χ1v) is 4.95. The Morgan fingerprint density at radius 3 is 2.17 bits per heavy atom. The highest BCUT2D eigenvalue weighted by Gasteiger charge is 2.39. The largest absolute Gasteiger partial charge is 0.347 e. The molecule has 1 unspecified atom stereocenters. The summed E-state index contributed by atoms with van der Waals surface area (Å²) in [6, 6.07) is 0. The molecule has 1 heterocycles. The summed E-state index contributed by atoms with van der Waals surface area (Å²) in [7, 11) is 0. The van der Waals surface area contributed by atoms with Gasteiger partial charge in [0.05, 0.1) is 12.7 Å². The molecule has 2 nitrogen and oxygen atoms in total. The SMILES string of the molecule is CCC1(CC)OCC(C(C)C)O1. The minimum atomic E-state index is -0.269. The Labute approximate surface area is 75.2 Å². The summed E-state index contributed by atoms with van der Waals surface area (Å²) in [4.78, 5) is 0. The average Bonchev–Trinajstić information content (AvgIpc) is 2.49. The lowest BCUT2D eigenvalue weighted by atomic mass is 10.1. The molecule has 0 N–H and O–H groups in total. The quantitative estimate of drug-likeness (QED) is 0.651. The summed E-state index contributed by atoms with van der Waals surface area (Å²) in [5, 5.41) is 0. The van der Waals surface area contributed by atoms with Crippen molar-refractivity contribution in [2.75, 3.05) is 6.61 Å². The predicted molar refractivity (Wildman–Crippen MR) is 49.0 cm³/mol. The minimum Gasteiger partial charge on any atom is -0.347 e. The van der Waals surface area contributed by atoms with Crippen molar-refractivity contribution in [2.45, 2.75) is 52.4 Å². The van der Waals surface area contributed by atoms with E-state index in [2.05, 4.69) is 27.7 Å². The maximum Gasteiger partial charge on any atom is 0.168 e. The number of rotatable bonds is 3. The van der Waals surface area contributed by atoms with Crippen molar-refractivity contribution >= 4 is 0 Å². The van der Waals surface area contributed by atoms with Crippen LogP contribution >= 0.6 is 0 Å². The van der Waals surface area contributed by atoms with Gasteiger partial charge >= 0.3 is 0 Å². The standard InChI is InChI=1S/C10H20O2/c1-5-10(6-2)11-7-9(12-10)8(3)4/h8-9H,5-7H2,1-4H3. The third-order valence-corrected chi connectivity index (χ3v) is 2.70. The molecule has 0 spiro atoms. The molecular weight excluding hydrogens is 152 g/mol. The fourth-order valence-electron chi connectivity index (χ4n) is 1.53. The fraction of sp³-hybridized carbons (Fsp3) is 1.00. The highest BCUT2D eigenvalue weighted by molar-refractivity contribution is 4.78. The van der Waals surface area contributed by atoms with E-state index in [-0.39, 0.29) is 5.79 Å². The van der Waals surface area contributed by atoms with Crippen LogP contribution in [0.3, 0.4) is 0 Å². The first-order chi connectivity index (χ1) is 5.63. The van der Waals surface area contributed by atoms with Crippen LogP contribution in [0.15, 0.2) is 0 Å². The van der Waals surface area contributed by atoms with Gasteiger partial charge in [-0.05, 0) is 18.8 Å². The smallest absolute Gasteiger partial charge is 0.168 e. The van der Waals surface area contributed by atoms with Gasteiger partial charge in [-0.3, -0.25) is 0 Å². The zero-order chi connectivity index (χ0) is 9.19. The summed E-state index contributed by atoms with van der Waals surface area (Å²) in [6.07, 6.45) is 2.20. The molecular formula is C10H20O2. The Hall–Kier alpha value is -0.0800. The summed E-state index contributed by atoms with van der Waals surface area (Å²) in [6.45, 7) is 9.35. The molecule has 0 radical (unpaired) electrons. The summed E-state index contributed by atoms with van der Waals surface area (Å²) < 4.78 is 11.6. The van der Waals surface area contributed by atoms with Crippen molar-refractivity contribution in [3.8, 4) is 0 Å². The van der Waals surface area contributed by atoms with Gasteiger partial charge in [-0.25, -0.2) is 0 Å². The lowest BCUT2D eigenvalue weighted by molar-refractivity contribution is -0.175. The van der Waals surface area contributed by atoms with Crippen LogP contribution in [0.2, 0.25) is 0 Å². The van der Waals surface area contributed by atoms with Crippen LogP contribution < -0.4 is 0 Å². The van der Waals surface area contributed by atoms with E-state index in [0.717, 1.165) is 19.4 Å². The van der Waals surface area contributed by atoms with Gasteiger partial charge in [0, 0.05) is 0 Å². The normalized spacial score (nSPS) is 28.2. The van der Waals surface area contributed by atoms with Crippen molar-refractivity contribution in [2.24, 2.45) is 5.92 Å². The van der Waals surface area contributed by atoms with Gasteiger partial charge in [0.25, 0.3) is 0 Å². The predicted octanol–water partition coefficient (Wildman–Crippen LogP) is 2.57. The average molecular weight is 172 g/mol. The van der Waals surface area contributed by atoms with E-state index in [1.807, 2.05) is 0 Å². The molecule has 0 aromatic carbocycles. The Morgan fingerprint density at radius 2 is 1.92 bits per heavy atom. The Kier molecular flexibility index (Phi) is 3.13. The molecule has 1 aliphatic heterocycles. The molecule has 1 atom stereocenters. The van der Waals surface area contributed by atoms with Crippen molar-refractivity contribution in [3.63, 3.8) is 0 Å². The van der Waals surface area contributed by atoms with E-state index in [0.29, 0.717) is 12.0 Å². The van der Waals surface area contributed by atoms with Crippen LogP contribution in [0.5, 0.6) is 0 Å². The highest BCUT2D eigenvalue weighted by Crippen LogP contribution is 2.32. The number of hydrogen-bond donors (Lipinski definition) is 0. The molecule has 12 heavy (non-hydrogen) atoms. The topological polar surface area (TPSA) is 18.5 Å². The maximum absolute atomic E-state index is 5.89. The van der Waals surface area contributed by atoms with Gasteiger partial charge in [-0.15, -0.1) is 0 Å². The second-order valence-corrected chi connectivity index (χ2v) is 3.83. The van der Waals surface area contributed by atoms with Crippen LogP contribution in [-0.4, -0.2) is 18.5 Å². The first-order valence-electron chi connectivity index (χ1n) is 4.95. The van der Waals surface area contributed by atoms with E-state index >= 15 is 0 Å². The lowest BCUT2D eigenvalue weighted by Crippen LogP contribution is -2.30. The molecule has 1 saturated heterocycles. The molecule has 0 aromatic rings. The van der Waals surface area contributed by atoms with Gasteiger partial charge in [0.15, 0.2) is 5.79 Å². The molecule has 0 saturated carbocycles. The first kappa shape index (κ1) is 10.0. The van der Waals surface area contributed by atoms with Gasteiger partial charge in [-0.2, -0.15) is 0 Å². The zero-order valence-electron chi connectivity index (χ0n) is 8.59. The highest BCUT2D eigenvalue weighted by atomic mass is 16.7. The van der Waals surface area contributed by atoms with Gasteiger partial charge in [0.1, 0.15) is 0 Å². The fourth-order valence-corrected chi connectivity index (χ4v) is 1.53. The second kappa shape index (κ2) is 3.75. The molecule has 0 aromatic heterocycles. The molecule has 0 bridgehead atoms. The number of ether oxygens (including phenoxy) is 2. The third-order valence-electron chi connectivity index (χ3n) is 2.70. The summed E-state index contributed by atoms with van der Waals surface area (Å²) >= 11 is 0. The van der Waals surface area contributed by atoms with Crippen LogP contribution in [0.4, 0.5) is 0 Å².